The molecule has 0 aliphatic carbocycles. The van der Waals surface area contributed by atoms with E-state index in [1.54, 1.807) is 7.11 Å². The molecule has 0 spiro atoms. The van der Waals surface area contributed by atoms with Gasteiger partial charge in [0.1, 0.15) is 5.75 Å². The van der Waals surface area contributed by atoms with E-state index in [9.17, 15) is 0 Å². The van der Waals surface area contributed by atoms with E-state index in [2.05, 4.69) is 50.9 Å². The molecule has 24 heavy (non-hydrogen) atoms. The lowest BCUT2D eigenvalue weighted by atomic mass is 10.0. The second kappa shape index (κ2) is 6.24. The van der Waals surface area contributed by atoms with Crippen LogP contribution in [0.5, 0.6) is 5.75 Å². The van der Waals surface area contributed by atoms with Gasteiger partial charge in [-0.15, -0.1) is 0 Å². The summed E-state index contributed by atoms with van der Waals surface area (Å²) in [5.41, 5.74) is 5.00. The van der Waals surface area contributed by atoms with Crippen molar-refractivity contribution < 1.29 is 4.74 Å². The maximum Gasteiger partial charge on any atom is 0.118 e. The monoisotopic (exact) mass is 317 g/mol. The highest BCUT2D eigenvalue weighted by Crippen LogP contribution is 2.26. The second-order valence-electron chi connectivity index (χ2n) is 5.89. The molecule has 0 bridgehead atoms. The van der Waals surface area contributed by atoms with Crippen LogP contribution in [0, 0.1) is 0 Å². The minimum Gasteiger partial charge on any atom is -0.497 e. The predicted molar refractivity (Wildman–Crippen MR) is 95.4 cm³/mol. The predicted octanol–water partition coefficient (Wildman–Crippen LogP) is 4.01. The maximum atomic E-state index is 5.24. The first kappa shape index (κ1) is 14.6. The molecule has 2 heterocycles. The van der Waals surface area contributed by atoms with Crippen molar-refractivity contribution in [2.24, 2.45) is 0 Å². The van der Waals surface area contributed by atoms with Gasteiger partial charge in [-0.2, -0.15) is 0 Å². The number of para-hydroxylation sites is 1. The van der Waals surface area contributed by atoms with Crippen molar-refractivity contribution in [1.29, 1.82) is 0 Å². The molecule has 0 unspecified atom stereocenters. The van der Waals surface area contributed by atoms with Crippen LogP contribution in [0.3, 0.4) is 0 Å². The van der Waals surface area contributed by atoms with E-state index in [4.69, 9.17) is 4.74 Å². The number of nitrogens with zero attached hydrogens (tertiary/aromatic N) is 2. The number of rotatable bonds is 5. The molecule has 0 saturated carbocycles. The van der Waals surface area contributed by atoms with Crippen LogP contribution in [-0.2, 0) is 13.0 Å². The summed E-state index contributed by atoms with van der Waals surface area (Å²) in [4.78, 5) is 7.74. The number of ether oxygens (including phenoxy) is 1. The smallest absolute Gasteiger partial charge is 0.118 e. The molecule has 0 radical (unpaired) electrons. The Morgan fingerprint density at radius 3 is 2.67 bits per heavy atom. The Hall–Kier alpha value is -3.01. The molecule has 2 aromatic heterocycles. The van der Waals surface area contributed by atoms with Gasteiger partial charge in [0.15, 0.2) is 0 Å². The van der Waals surface area contributed by atoms with E-state index in [1.807, 2.05) is 30.9 Å². The van der Waals surface area contributed by atoms with Gasteiger partial charge in [0.2, 0.25) is 0 Å². The number of methoxy groups -OCH3 is 1. The number of aromatic nitrogens is 3. The van der Waals surface area contributed by atoms with Gasteiger partial charge < -0.3 is 14.3 Å². The van der Waals surface area contributed by atoms with Crippen LogP contribution in [0.1, 0.15) is 16.8 Å². The molecule has 120 valence electrons. The van der Waals surface area contributed by atoms with Crippen LogP contribution in [0.25, 0.3) is 10.9 Å². The summed E-state index contributed by atoms with van der Waals surface area (Å²) in [6, 6.07) is 16.7. The molecule has 0 atom stereocenters. The van der Waals surface area contributed by atoms with E-state index in [1.165, 1.54) is 27.7 Å². The third-order valence-electron chi connectivity index (χ3n) is 4.34. The molecule has 0 fully saturated rings. The zero-order valence-corrected chi connectivity index (χ0v) is 13.6. The Bertz CT molecular complexity index is 937. The van der Waals surface area contributed by atoms with Gasteiger partial charge in [0.05, 0.1) is 20.0 Å². The molecule has 4 heteroatoms. The molecular formula is C20H19N3O. The zero-order valence-electron chi connectivity index (χ0n) is 13.6. The summed E-state index contributed by atoms with van der Waals surface area (Å²) in [6.07, 6.45) is 6.54. The Morgan fingerprint density at radius 1 is 1.08 bits per heavy atom. The lowest BCUT2D eigenvalue weighted by molar-refractivity contribution is 0.414. The average molecular weight is 317 g/mol. The molecule has 4 aromatic rings. The summed E-state index contributed by atoms with van der Waals surface area (Å²) in [5.74, 6) is 0.883. The van der Waals surface area contributed by atoms with Crippen LogP contribution in [0.4, 0.5) is 0 Å². The minimum atomic E-state index is 0.815. The van der Waals surface area contributed by atoms with Crippen molar-refractivity contribution in [3.05, 3.63) is 84.1 Å². The van der Waals surface area contributed by atoms with Crippen LogP contribution < -0.4 is 4.74 Å². The highest BCUT2D eigenvalue weighted by molar-refractivity contribution is 5.84. The average Bonchev–Trinajstić information content (AvgIpc) is 3.25. The topological polar surface area (TPSA) is 42.8 Å². The quantitative estimate of drug-likeness (QED) is 0.604. The van der Waals surface area contributed by atoms with Crippen molar-refractivity contribution in [3.8, 4) is 5.75 Å². The summed E-state index contributed by atoms with van der Waals surface area (Å²) >= 11 is 0. The largest absolute Gasteiger partial charge is 0.497 e. The number of benzene rings is 2. The zero-order chi connectivity index (χ0) is 16.4. The highest BCUT2D eigenvalue weighted by Gasteiger charge is 2.12. The van der Waals surface area contributed by atoms with Gasteiger partial charge in [-0.3, -0.25) is 0 Å². The maximum absolute atomic E-state index is 5.24. The Kier molecular flexibility index (Phi) is 3.79. The third kappa shape index (κ3) is 2.78. The van der Waals surface area contributed by atoms with Gasteiger partial charge in [-0.1, -0.05) is 30.3 Å². The van der Waals surface area contributed by atoms with Crippen molar-refractivity contribution in [1.82, 2.24) is 14.5 Å². The van der Waals surface area contributed by atoms with E-state index >= 15 is 0 Å². The number of fused-ring (bicyclic) bond motifs is 1. The second-order valence-corrected chi connectivity index (χ2v) is 5.89. The van der Waals surface area contributed by atoms with Crippen molar-refractivity contribution in [2.45, 2.75) is 13.0 Å². The van der Waals surface area contributed by atoms with Gasteiger partial charge >= 0.3 is 0 Å². The molecule has 0 amide bonds. The molecule has 0 saturated heterocycles. The van der Waals surface area contributed by atoms with E-state index in [-0.39, 0.29) is 0 Å². The normalized spacial score (nSPS) is 11.0. The highest BCUT2D eigenvalue weighted by atomic mass is 16.5. The first-order chi connectivity index (χ1) is 11.8. The number of imidazole rings is 1. The number of H-pyrrole nitrogens is 1. The van der Waals surface area contributed by atoms with E-state index in [0.717, 1.165) is 18.7 Å². The standard InChI is InChI=1S/C20H19N3O/c1-24-16-8-6-15(7-9-16)12-20-18(13-23-11-10-21-14-23)17-4-2-3-5-19(17)22-20/h2-11,14,22H,12-13H2,1H3. The van der Waals surface area contributed by atoms with Gasteiger partial charge in [-0.05, 0) is 23.8 Å². The van der Waals surface area contributed by atoms with E-state index < -0.39 is 0 Å². The fourth-order valence-electron chi connectivity index (χ4n) is 3.10. The number of nitrogens with one attached hydrogen (secondary N) is 1. The SMILES string of the molecule is COc1ccc(Cc2[nH]c3ccccc3c2Cn2ccnc2)cc1. The van der Waals surface area contributed by atoms with E-state index in [0.29, 0.717) is 0 Å². The number of hydrogen-bond acceptors (Lipinski definition) is 2. The molecule has 2 aromatic carbocycles. The first-order valence-electron chi connectivity index (χ1n) is 8.00. The van der Waals surface area contributed by atoms with Crippen LogP contribution in [0.15, 0.2) is 67.3 Å². The van der Waals surface area contributed by atoms with Crippen molar-refractivity contribution in [2.75, 3.05) is 7.11 Å². The Balaban J connectivity index is 1.72. The van der Waals surface area contributed by atoms with Crippen molar-refractivity contribution >= 4 is 10.9 Å². The molecule has 4 rings (SSSR count). The summed E-state index contributed by atoms with van der Waals surface area (Å²) < 4.78 is 7.35. The lowest BCUT2D eigenvalue weighted by Gasteiger charge is -2.07. The first-order valence-corrected chi connectivity index (χ1v) is 8.00. The summed E-state index contributed by atoms with van der Waals surface area (Å²) in [7, 11) is 1.69. The fourth-order valence-corrected chi connectivity index (χ4v) is 3.10. The van der Waals surface area contributed by atoms with Gasteiger partial charge in [0, 0.05) is 41.0 Å². The Morgan fingerprint density at radius 2 is 1.92 bits per heavy atom. The summed E-state index contributed by atoms with van der Waals surface area (Å²) in [6.45, 7) is 0.815. The van der Waals surface area contributed by atoms with Gasteiger partial charge in [-0.25, -0.2) is 4.98 Å². The third-order valence-corrected chi connectivity index (χ3v) is 4.34. The summed E-state index contributed by atoms with van der Waals surface area (Å²) in [5, 5.41) is 1.27. The lowest BCUT2D eigenvalue weighted by Crippen LogP contribution is -2.00. The van der Waals surface area contributed by atoms with Crippen molar-refractivity contribution in [3.63, 3.8) is 0 Å². The fraction of sp³-hybridized carbons (Fsp3) is 0.150. The van der Waals surface area contributed by atoms with Gasteiger partial charge in [0.25, 0.3) is 0 Å². The molecule has 4 nitrogen and oxygen atoms in total. The van der Waals surface area contributed by atoms with Crippen LogP contribution in [0.2, 0.25) is 0 Å². The van der Waals surface area contributed by atoms with Crippen LogP contribution >= 0.6 is 0 Å². The number of hydrogen-bond donors (Lipinski definition) is 1. The van der Waals surface area contributed by atoms with Crippen LogP contribution in [-0.4, -0.2) is 21.6 Å². The molecular weight excluding hydrogens is 298 g/mol. The minimum absolute atomic E-state index is 0.815. The number of aromatic amines is 1. The molecule has 0 aliphatic heterocycles. The Labute approximate surface area is 140 Å². The molecule has 0 aliphatic rings. The molecule has 1 N–H and O–H groups in total.